The molecule has 31 heavy (non-hydrogen) atoms. The second-order valence-electron chi connectivity index (χ2n) is 9.39. The van der Waals surface area contributed by atoms with Gasteiger partial charge in [0, 0.05) is 24.7 Å². The molecule has 2 rings (SSSR count). The van der Waals surface area contributed by atoms with Crippen LogP contribution in [0.2, 0.25) is 5.02 Å². The van der Waals surface area contributed by atoms with Crippen LogP contribution in [0.3, 0.4) is 0 Å². The fourth-order valence-electron chi connectivity index (χ4n) is 4.39. The minimum atomic E-state index is -1.22. The van der Waals surface area contributed by atoms with Crippen LogP contribution in [0, 0.1) is 0 Å². The normalized spacial score (nSPS) is 18.5. The predicted molar refractivity (Wildman–Crippen MR) is 124 cm³/mol. The lowest BCUT2D eigenvalue weighted by molar-refractivity contribution is -0.134. The van der Waals surface area contributed by atoms with Crippen molar-refractivity contribution < 1.29 is 19.4 Å². The third kappa shape index (κ3) is 6.67. The average molecular weight is 453 g/mol. The van der Waals surface area contributed by atoms with E-state index in [0.717, 1.165) is 12.8 Å². The maximum Gasteiger partial charge on any atom is 0.410 e. The number of nitrogens with zero attached hydrogens (tertiary/aromatic N) is 1. The maximum absolute atomic E-state index is 14.0. The second kappa shape index (κ2) is 10.8. The molecule has 7 heteroatoms. The molecule has 1 aliphatic heterocycles. The molecule has 1 amide bonds. The van der Waals surface area contributed by atoms with Crippen molar-refractivity contribution in [2.75, 3.05) is 19.6 Å². The first-order chi connectivity index (χ1) is 14.5. The second-order valence-corrected chi connectivity index (χ2v) is 9.82. The molecule has 1 heterocycles. The summed E-state index contributed by atoms with van der Waals surface area (Å²) in [5, 5.41) is 15.4. The summed E-state index contributed by atoms with van der Waals surface area (Å²) in [6.45, 7) is 10.7. The first-order valence-corrected chi connectivity index (χ1v) is 11.6. The first-order valence-electron chi connectivity index (χ1n) is 11.2. The SMILES string of the molecule is CCCC(O)(CCC)C(C(=O)C1CNCCN1C(=O)OC(C)(C)C)c1cccc(Cl)c1. The number of ether oxygens (including phenoxy) is 1. The minimum Gasteiger partial charge on any atom is -0.444 e. The van der Waals surface area contributed by atoms with Gasteiger partial charge in [0.25, 0.3) is 0 Å². The number of amides is 1. The molecule has 0 radical (unpaired) electrons. The van der Waals surface area contributed by atoms with Gasteiger partial charge in [-0.15, -0.1) is 0 Å². The highest BCUT2D eigenvalue weighted by Gasteiger charge is 2.46. The monoisotopic (exact) mass is 452 g/mol. The van der Waals surface area contributed by atoms with Gasteiger partial charge in [-0.3, -0.25) is 9.69 Å². The van der Waals surface area contributed by atoms with Crippen LogP contribution in [0.5, 0.6) is 0 Å². The Labute approximate surface area is 191 Å². The van der Waals surface area contributed by atoms with E-state index in [1.165, 1.54) is 4.90 Å². The highest BCUT2D eigenvalue weighted by atomic mass is 35.5. The third-order valence-electron chi connectivity index (χ3n) is 5.57. The standard InChI is InChI=1S/C24H37ClN2O4/c1-6-11-24(30,12-7-2)20(17-9-8-10-18(25)15-17)21(28)19-16-26-13-14-27(19)22(29)31-23(3,4)5/h8-10,15,19-20,26,30H,6-7,11-14,16H2,1-5H3. The van der Waals surface area contributed by atoms with Crippen molar-refractivity contribution in [2.45, 2.75) is 83.5 Å². The zero-order valence-corrected chi connectivity index (χ0v) is 20.2. The van der Waals surface area contributed by atoms with Crippen molar-refractivity contribution >= 4 is 23.5 Å². The lowest BCUT2D eigenvalue weighted by Gasteiger charge is -2.42. The van der Waals surface area contributed by atoms with E-state index >= 15 is 0 Å². The van der Waals surface area contributed by atoms with Gasteiger partial charge in [-0.05, 0) is 51.3 Å². The number of hydrogen-bond acceptors (Lipinski definition) is 5. The van der Waals surface area contributed by atoms with Crippen molar-refractivity contribution in [2.24, 2.45) is 0 Å². The number of halogens is 1. The number of nitrogens with one attached hydrogen (secondary N) is 1. The molecule has 0 spiro atoms. The highest BCUT2D eigenvalue weighted by molar-refractivity contribution is 6.30. The van der Waals surface area contributed by atoms with E-state index in [2.05, 4.69) is 5.32 Å². The smallest absolute Gasteiger partial charge is 0.410 e. The van der Waals surface area contributed by atoms with E-state index < -0.39 is 29.3 Å². The summed E-state index contributed by atoms with van der Waals surface area (Å²) in [7, 11) is 0. The Bertz CT molecular complexity index is 756. The third-order valence-corrected chi connectivity index (χ3v) is 5.80. The number of aliphatic hydroxyl groups is 1. The summed E-state index contributed by atoms with van der Waals surface area (Å²) >= 11 is 6.25. The summed E-state index contributed by atoms with van der Waals surface area (Å²) in [5.74, 6) is -0.981. The number of carbonyl (C=O) groups is 2. The van der Waals surface area contributed by atoms with Crippen molar-refractivity contribution in [1.82, 2.24) is 10.2 Å². The van der Waals surface area contributed by atoms with Crippen molar-refractivity contribution in [3.8, 4) is 0 Å². The summed E-state index contributed by atoms with van der Waals surface area (Å²) in [6.07, 6.45) is 1.93. The average Bonchev–Trinajstić information content (AvgIpc) is 2.67. The molecule has 1 aromatic rings. The van der Waals surface area contributed by atoms with Gasteiger partial charge >= 0.3 is 6.09 Å². The van der Waals surface area contributed by atoms with E-state index in [1.54, 1.807) is 39.0 Å². The fraction of sp³-hybridized carbons (Fsp3) is 0.667. The van der Waals surface area contributed by atoms with Crippen LogP contribution >= 0.6 is 11.6 Å². The summed E-state index contributed by atoms with van der Waals surface area (Å²) in [5.41, 5.74) is -1.20. The van der Waals surface area contributed by atoms with E-state index in [0.29, 0.717) is 43.1 Å². The van der Waals surface area contributed by atoms with Crippen molar-refractivity contribution in [1.29, 1.82) is 0 Å². The van der Waals surface area contributed by atoms with E-state index in [-0.39, 0.29) is 5.78 Å². The zero-order chi connectivity index (χ0) is 23.2. The summed E-state index contributed by atoms with van der Waals surface area (Å²) in [6, 6.07) is 6.39. The quantitative estimate of drug-likeness (QED) is 0.605. The van der Waals surface area contributed by atoms with Crippen LogP contribution in [0.25, 0.3) is 0 Å². The minimum absolute atomic E-state index is 0.190. The number of benzene rings is 1. The Kier molecular flexibility index (Phi) is 8.92. The molecule has 174 valence electrons. The van der Waals surface area contributed by atoms with Crippen LogP contribution in [-0.4, -0.2) is 58.8 Å². The molecular formula is C24H37ClN2O4. The zero-order valence-electron chi connectivity index (χ0n) is 19.4. The Hall–Kier alpha value is -1.63. The van der Waals surface area contributed by atoms with Gasteiger partial charge in [0.05, 0.1) is 11.5 Å². The molecule has 2 atom stereocenters. The molecule has 0 bridgehead atoms. The van der Waals surface area contributed by atoms with Gasteiger partial charge in [-0.2, -0.15) is 0 Å². The van der Waals surface area contributed by atoms with Gasteiger partial charge in [0.2, 0.25) is 0 Å². The van der Waals surface area contributed by atoms with Gasteiger partial charge < -0.3 is 15.2 Å². The number of rotatable bonds is 8. The fourth-order valence-corrected chi connectivity index (χ4v) is 4.59. The molecule has 6 nitrogen and oxygen atoms in total. The van der Waals surface area contributed by atoms with Gasteiger partial charge in [-0.25, -0.2) is 4.79 Å². The number of carbonyl (C=O) groups excluding carboxylic acids is 2. The van der Waals surface area contributed by atoms with Gasteiger partial charge in [0.15, 0.2) is 5.78 Å². The highest BCUT2D eigenvalue weighted by Crippen LogP contribution is 2.39. The number of piperazine rings is 1. The Balaban J connectivity index is 2.48. The summed E-state index contributed by atoms with van der Waals surface area (Å²) < 4.78 is 5.57. The molecule has 1 aromatic carbocycles. The molecule has 2 unspecified atom stereocenters. The van der Waals surface area contributed by atoms with Crippen LogP contribution in [0.15, 0.2) is 24.3 Å². The molecule has 0 aromatic heterocycles. The molecule has 0 saturated carbocycles. The van der Waals surface area contributed by atoms with Crippen LogP contribution in [0.1, 0.15) is 71.8 Å². The van der Waals surface area contributed by atoms with Crippen molar-refractivity contribution in [3.63, 3.8) is 0 Å². The van der Waals surface area contributed by atoms with Gasteiger partial charge in [0.1, 0.15) is 11.6 Å². The van der Waals surface area contributed by atoms with Crippen LogP contribution in [0.4, 0.5) is 4.79 Å². The van der Waals surface area contributed by atoms with Gasteiger partial charge in [-0.1, -0.05) is 50.4 Å². The molecule has 1 fully saturated rings. The maximum atomic E-state index is 14.0. The van der Waals surface area contributed by atoms with E-state index in [1.807, 2.05) is 19.9 Å². The molecule has 2 N–H and O–H groups in total. The molecule has 0 aliphatic carbocycles. The molecule has 1 saturated heterocycles. The largest absolute Gasteiger partial charge is 0.444 e. The topological polar surface area (TPSA) is 78.9 Å². The van der Waals surface area contributed by atoms with Crippen LogP contribution < -0.4 is 5.32 Å². The molecule has 1 aliphatic rings. The van der Waals surface area contributed by atoms with E-state index in [9.17, 15) is 14.7 Å². The predicted octanol–water partition coefficient (Wildman–Crippen LogP) is 4.53. The number of ketones is 1. The van der Waals surface area contributed by atoms with E-state index in [4.69, 9.17) is 16.3 Å². The summed E-state index contributed by atoms with van der Waals surface area (Å²) in [4.78, 5) is 28.4. The lowest BCUT2D eigenvalue weighted by atomic mass is 9.72. The Morgan fingerprint density at radius 3 is 2.45 bits per heavy atom. The first kappa shape index (κ1) is 25.6. The number of hydrogen-bond donors (Lipinski definition) is 2. The Morgan fingerprint density at radius 2 is 1.90 bits per heavy atom. The number of Topliss-reactive ketones (excluding diaryl/α,β-unsaturated/α-hetero) is 1. The molecular weight excluding hydrogens is 416 g/mol. The lowest BCUT2D eigenvalue weighted by Crippen LogP contribution is -2.60. The van der Waals surface area contributed by atoms with Crippen LogP contribution in [-0.2, 0) is 9.53 Å². The van der Waals surface area contributed by atoms with Crippen molar-refractivity contribution in [3.05, 3.63) is 34.9 Å². The Morgan fingerprint density at radius 1 is 1.26 bits per heavy atom.